The van der Waals surface area contributed by atoms with E-state index in [4.69, 9.17) is 45.3 Å². The van der Waals surface area contributed by atoms with Crippen LogP contribution in [0.1, 0.15) is 52.6 Å². The Morgan fingerprint density at radius 2 is 1.62 bits per heavy atom. The Labute approximate surface area is 459 Å². The lowest BCUT2D eigenvalue weighted by atomic mass is 10.1. The summed E-state index contributed by atoms with van der Waals surface area (Å²) >= 11 is 5.41. The molecule has 5 atom stereocenters. The second kappa shape index (κ2) is 31.2. The number of aliphatic imine (C=N–C) groups is 1. The number of sulfonamides is 1. The van der Waals surface area contributed by atoms with E-state index in [0.717, 1.165) is 82.2 Å². The predicted molar refractivity (Wildman–Crippen MR) is 286 cm³/mol. The third-order valence-electron chi connectivity index (χ3n) is 9.88. The lowest BCUT2D eigenvalue weighted by molar-refractivity contribution is -0.165. The van der Waals surface area contributed by atoms with Crippen LogP contribution in [0.2, 0.25) is 0 Å². The highest BCUT2D eigenvalue weighted by atomic mass is 79.9. The van der Waals surface area contributed by atoms with Crippen molar-refractivity contribution >= 4 is 124 Å². The minimum atomic E-state index is -3.88. The first-order valence-electron chi connectivity index (χ1n) is 22.3. The van der Waals surface area contributed by atoms with Gasteiger partial charge in [-0.3, -0.25) is 15.0 Å². The van der Waals surface area contributed by atoms with Gasteiger partial charge in [0, 0.05) is 67.9 Å². The summed E-state index contributed by atoms with van der Waals surface area (Å²) in [5, 5.41) is 75.5. The summed E-state index contributed by atoms with van der Waals surface area (Å²) in [5.74, 6) is -4.01. The fourth-order valence-corrected chi connectivity index (χ4v) is 11.7. The third-order valence-corrected chi connectivity index (χ3v) is 16.5. The number of ether oxygens (including phenoxy) is 2. The Bertz CT molecular complexity index is 2820. The van der Waals surface area contributed by atoms with E-state index in [1.54, 1.807) is 19.3 Å². The molecular weight excluding hydrogens is 1170 g/mol. The third kappa shape index (κ3) is 21.6. The quantitative estimate of drug-likeness (QED) is 0.0735. The van der Waals surface area contributed by atoms with Crippen molar-refractivity contribution in [1.29, 1.82) is 0 Å². The van der Waals surface area contributed by atoms with E-state index in [0.29, 0.717) is 56.3 Å². The van der Waals surface area contributed by atoms with Gasteiger partial charge in [-0.15, -0.1) is 28.1 Å². The van der Waals surface area contributed by atoms with Gasteiger partial charge in [0.1, 0.15) is 26.6 Å². The standard InChI is InChI=1S/C13H24N4O3S.C11H10BrN5.C10H16N2O4S3.C4H6O6.C4H4O4.ClH/c1-13(2,3)14-8-10(18)9-20-12-11(15-21-16-12)17-4-6-19-7-5-17;12-9-7(17-11-15-5-6-16-11)1-2-8-10(9)14-4-3-13-8;1-3-12-8-4-6(2)18(13,14)10-7(8)5-9(17-10)19(11,15)16;5-1(3(7)8)2(6)4(9)10;5-3(6)1-2-4(7)8;/h10,14,18H,4-9H2,1-3H3;1-4H,5-6H2,(H2,15,16,17);5-6,8,12H,3-4H2,1-2H3,(H2,11,15,16);1-2,5-6H,(H,7,8)(H,9,10);1-2H,(H,5,6)(H,7,8);1H/b;;;;2-1-;/t10-;;6-,8-;1-,2-;;/m0.01../s1. The van der Waals surface area contributed by atoms with Gasteiger partial charge in [0.25, 0.3) is 5.88 Å². The summed E-state index contributed by atoms with van der Waals surface area (Å²) < 4.78 is 67.6. The van der Waals surface area contributed by atoms with Crippen LogP contribution < -0.4 is 36.0 Å². The number of hydrogen-bond donors (Lipinski definition) is 12. The van der Waals surface area contributed by atoms with Crippen molar-refractivity contribution in [2.24, 2.45) is 10.1 Å². The first-order chi connectivity index (χ1) is 35.1. The van der Waals surface area contributed by atoms with Crippen molar-refractivity contribution in [3.05, 3.63) is 52.8 Å². The molecule has 1 fully saturated rings. The maximum Gasteiger partial charge on any atom is 0.335 e. The number of aliphatic hydroxyl groups excluding tert-OH is 3. The van der Waals surface area contributed by atoms with Crippen LogP contribution >= 0.6 is 51.4 Å². The Morgan fingerprint density at radius 1 is 1.01 bits per heavy atom. The van der Waals surface area contributed by atoms with E-state index < -0.39 is 67.3 Å². The molecular formula is C42H61BrClN11O17S4. The van der Waals surface area contributed by atoms with Crippen molar-refractivity contribution in [3.63, 3.8) is 0 Å². The summed E-state index contributed by atoms with van der Waals surface area (Å²) in [6.07, 6.45) is -0.195. The smallest absolute Gasteiger partial charge is 0.335 e. The number of halogens is 2. The second-order valence-corrected chi connectivity index (χ2v) is 23.6. The number of sulfone groups is 1. The molecule has 0 unspecified atom stereocenters. The number of carboxylic acids is 4. The molecule has 0 saturated carbocycles. The Balaban J connectivity index is 0.000000337. The zero-order valence-corrected chi connectivity index (χ0v) is 47.1. The van der Waals surface area contributed by atoms with E-state index in [1.807, 2.05) is 19.1 Å². The number of morpholine rings is 1. The van der Waals surface area contributed by atoms with E-state index in [-0.39, 0.29) is 39.0 Å². The van der Waals surface area contributed by atoms with Gasteiger partial charge in [0.05, 0.1) is 52.4 Å². The van der Waals surface area contributed by atoms with Crippen LogP contribution in [-0.4, -0.2) is 189 Å². The highest BCUT2D eigenvalue weighted by Crippen LogP contribution is 2.42. The summed E-state index contributed by atoms with van der Waals surface area (Å²) in [6, 6.07) is 5.13. The van der Waals surface area contributed by atoms with E-state index in [2.05, 4.69) is 86.6 Å². The molecule has 0 radical (unpaired) electrons. The number of nitrogens with two attached hydrogens (primary N) is 1. The highest BCUT2D eigenvalue weighted by Gasteiger charge is 2.39. The lowest BCUT2D eigenvalue weighted by Gasteiger charge is -2.27. The van der Waals surface area contributed by atoms with Gasteiger partial charge in [-0.1, -0.05) is 6.92 Å². The van der Waals surface area contributed by atoms with Crippen LogP contribution in [0.25, 0.3) is 11.0 Å². The molecule has 3 aromatic heterocycles. The number of thiophene rings is 1. The molecule has 3 aliphatic rings. The van der Waals surface area contributed by atoms with Crippen LogP contribution in [-0.2, 0) is 43.8 Å². The summed E-state index contributed by atoms with van der Waals surface area (Å²) in [5.41, 5.74) is 3.14. The molecule has 424 valence electrons. The number of anilines is 2. The molecule has 1 aromatic carbocycles. The molecule has 28 nitrogen and oxygen atoms in total. The van der Waals surface area contributed by atoms with Gasteiger partial charge >= 0.3 is 23.9 Å². The van der Waals surface area contributed by atoms with Crippen LogP contribution in [0.15, 0.2) is 60.6 Å². The highest BCUT2D eigenvalue weighted by molar-refractivity contribution is 9.10. The number of carboxylic acid groups (broad SMARTS) is 4. The number of hydrogen-bond acceptors (Lipinski definition) is 25. The van der Waals surface area contributed by atoms with E-state index >= 15 is 0 Å². The Morgan fingerprint density at radius 3 is 2.14 bits per heavy atom. The average molecular weight is 1240 g/mol. The number of rotatable bonds is 15. The SMILES string of the molecule is Brc1c(NC2=NCCN2)ccc2nccnc12.CC(C)(C)NC[C@H](O)COc1nsnc1N1CCOCC1.CCN[C@H]1C[C@H](C)S(=O)(=O)c2sc(S(N)(=O)=O)cc21.Cl.O=C(O)/C=C\C(=O)O.O=C(O)[C@H](O)[C@@H](O)C(=O)O. The van der Waals surface area contributed by atoms with Gasteiger partial charge in [0.15, 0.2) is 28.0 Å². The Kier molecular flexibility index (Phi) is 27.4. The van der Waals surface area contributed by atoms with Gasteiger partial charge in [0.2, 0.25) is 15.8 Å². The van der Waals surface area contributed by atoms with Crippen molar-refractivity contribution in [1.82, 2.24) is 34.7 Å². The average Bonchev–Trinajstić information content (AvgIpc) is 4.16. The first kappa shape index (κ1) is 66.8. The number of aliphatic carboxylic acids is 4. The molecule has 4 aromatic rings. The number of carbonyl (C=O) groups is 4. The molecule has 1 saturated heterocycles. The Hall–Kier alpha value is -5.30. The molecule has 34 heteroatoms. The number of β-amino-alcohol motifs (C(OH)–C–C–N with tert-alkyl or cyclic N) is 1. The summed E-state index contributed by atoms with van der Waals surface area (Å²) in [4.78, 5) is 53.6. The lowest BCUT2D eigenvalue weighted by Crippen LogP contribution is -2.42. The molecule has 0 amide bonds. The summed E-state index contributed by atoms with van der Waals surface area (Å²) in [7, 11) is -7.33. The largest absolute Gasteiger partial charge is 0.479 e. The van der Waals surface area contributed by atoms with Crippen LogP contribution in [0.4, 0.5) is 11.5 Å². The van der Waals surface area contributed by atoms with Gasteiger partial charge in [-0.2, -0.15) is 4.37 Å². The monoisotopic (exact) mass is 1230 g/mol. The first-order valence-corrected chi connectivity index (χ1v) is 27.8. The number of benzene rings is 1. The van der Waals surface area contributed by atoms with Crippen LogP contribution in [0.3, 0.4) is 0 Å². The van der Waals surface area contributed by atoms with E-state index in [9.17, 15) is 41.1 Å². The molecule has 0 spiro atoms. The zero-order valence-electron chi connectivity index (χ0n) is 41.4. The van der Waals surface area contributed by atoms with Crippen LogP contribution in [0, 0.1) is 0 Å². The number of aromatic nitrogens is 4. The molecule has 76 heavy (non-hydrogen) atoms. The van der Waals surface area contributed by atoms with E-state index in [1.165, 1.54) is 6.07 Å². The molecule has 7 rings (SSSR count). The molecule has 0 bridgehead atoms. The van der Waals surface area contributed by atoms with Crippen molar-refractivity contribution in [3.8, 4) is 5.88 Å². The predicted octanol–water partition coefficient (Wildman–Crippen LogP) is 0.889. The molecule has 0 aliphatic carbocycles. The number of aliphatic hydroxyl groups is 3. The number of nitrogens with one attached hydrogen (secondary N) is 4. The fraction of sp³-hybridized carbons (Fsp3) is 0.500. The van der Waals surface area contributed by atoms with Crippen molar-refractivity contribution in [2.75, 3.05) is 69.3 Å². The minimum absolute atomic E-state index is 0. The minimum Gasteiger partial charge on any atom is -0.479 e. The summed E-state index contributed by atoms with van der Waals surface area (Å²) in [6.45, 7) is 15.7. The molecule has 6 heterocycles. The molecule has 13 N–H and O–H groups in total. The van der Waals surface area contributed by atoms with Gasteiger partial charge in [-0.05, 0) is 74.8 Å². The molecule has 3 aliphatic heterocycles. The topological polar surface area (TPSA) is 438 Å². The number of guanidine groups is 1. The van der Waals surface area contributed by atoms with Gasteiger partial charge < -0.3 is 71.4 Å². The number of nitrogens with zero attached hydrogens (tertiary/aromatic N) is 6. The maximum atomic E-state index is 12.2. The number of primary sulfonamides is 1. The maximum absolute atomic E-state index is 12.2. The fourth-order valence-electron chi connectivity index (χ4n) is 6.19. The van der Waals surface area contributed by atoms with Crippen molar-refractivity contribution < 1.29 is 81.2 Å². The van der Waals surface area contributed by atoms with Gasteiger partial charge in [-0.25, -0.2) is 41.2 Å². The normalized spacial score (nSPS) is 17.8. The van der Waals surface area contributed by atoms with Crippen molar-refractivity contribution in [2.45, 2.75) is 84.6 Å². The number of fused-ring (bicyclic) bond motifs is 2. The van der Waals surface area contributed by atoms with Crippen LogP contribution in [0.5, 0.6) is 5.88 Å². The zero-order chi connectivity index (χ0) is 56.3. The second-order valence-electron chi connectivity index (χ2n) is 16.9.